The standard InChI is InChI=1S/C6H8F3N3OS/c1-3(6(7,8)9)13-5-12-11-4(2-10)14-5/h3H,2,10H2,1H3. The van der Waals surface area contributed by atoms with E-state index in [-0.39, 0.29) is 11.7 Å². The number of aromatic nitrogens is 2. The maximum Gasteiger partial charge on any atom is 0.425 e. The highest BCUT2D eigenvalue weighted by Gasteiger charge is 2.38. The molecule has 0 radical (unpaired) electrons. The Labute approximate surface area is 81.9 Å². The van der Waals surface area contributed by atoms with Crippen molar-refractivity contribution in [2.45, 2.75) is 25.7 Å². The zero-order chi connectivity index (χ0) is 10.8. The van der Waals surface area contributed by atoms with E-state index in [0.717, 1.165) is 18.3 Å². The van der Waals surface area contributed by atoms with Crippen molar-refractivity contribution in [3.63, 3.8) is 0 Å². The van der Waals surface area contributed by atoms with Gasteiger partial charge in [0, 0.05) is 6.54 Å². The van der Waals surface area contributed by atoms with Crippen molar-refractivity contribution in [3.05, 3.63) is 5.01 Å². The van der Waals surface area contributed by atoms with Crippen LogP contribution in [0.3, 0.4) is 0 Å². The molecule has 1 aromatic heterocycles. The van der Waals surface area contributed by atoms with Gasteiger partial charge in [-0.3, -0.25) is 0 Å². The lowest BCUT2D eigenvalue weighted by Gasteiger charge is -2.14. The summed E-state index contributed by atoms with van der Waals surface area (Å²) in [5.74, 6) is 0. The Hall–Kier alpha value is -0.890. The average molecular weight is 227 g/mol. The molecule has 0 amide bonds. The van der Waals surface area contributed by atoms with Crippen LogP contribution in [0, 0.1) is 0 Å². The minimum Gasteiger partial charge on any atom is -0.456 e. The molecule has 0 saturated heterocycles. The highest BCUT2D eigenvalue weighted by Crippen LogP contribution is 2.26. The fourth-order valence-electron chi connectivity index (χ4n) is 0.586. The Morgan fingerprint density at radius 2 is 2.14 bits per heavy atom. The summed E-state index contributed by atoms with van der Waals surface area (Å²) in [5.41, 5.74) is 5.21. The molecule has 2 N–H and O–H groups in total. The molecule has 1 atom stereocenters. The van der Waals surface area contributed by atoms with Gasteiger partial charge in [0.25, 0.3) is 5.19 Å². The summed E-state index contributed by atoms with van der Waals surface area (Å²) < 4.78 is 40.6. The van der Waals surface area contributed by atoms with E-state index < -0.39 is 12.3 Å². The van der Waals surface area contributed by atoms with E-state index in [1.165, 1.54) is 0 Å². The van der Waals surface area contributed by atoms with Crippen molar-refractivity contribution in [3.8, 4) is 5.19 Å². The first-order valence-electron chi connectivity index (χ1n) is 3.69. The van der Waals surface area contributed by atoms with Crippen LogP contribution in [-0.4, -0.2) is 22.5 Å². The Morgan fingerprint density at radius 1 is 1.50 bits per heavy atom. The second-order valence-electron chi connectivity index (χ2n) is 2.47. The first-order valence-corrected chi connectivity index (χ1v) is 4.51. The Kier molecular flexibility index (Phi) is 3.27. The lowest BCUT2D eigenvalue weighted by atomic mass is 10.4. The number of rotatable bonds is 3. The monoisotopic (exact) mass is 227 g/mol. The molecule has 0 aliphatic heterocycles. The molecular weight excluding hydrogens is 219 g/mol. The molecule has 4 nitrogen and oxygen atoms in total. The van der Waals surface area contributed by atoms with E-state index in [4.69, 9.17) is 5.73 Å². The zero-order valence-electron chi connectivity index (χ0n) is 7.21. The van der Waals surface area contributed by atoms with E-state index in [9.17, 15) is 13.2 Å². The smallest absolute Gasteiger partial charge is 0.425 e. The topological polar surface area (TPSA) is 61.0 Å². The second kappa shape index (κ2) is 4.09. The van der Waals surface area contributed by atoms with Crippen molar-refractivity contribution in [2.75, 3.05) is 0 Å². The fourth-order valence-corrected chi connectivity index (χ4v) is 1.23. The van der Waals surface area contributed by atoms with E-state index in [1.807, 2.05) is 0 Å². The van der Waals surface area contributed by atoms with Crippen LogP contribution < -0.4 is 10.5 Å². The molecule has 0 spiro atoms. The first kappa shape index (κ1) is 11.2. The zero-order valence-corrected chi connectivity index (χ0v) is 8.02. The third kappa shape index (κ3) is 2.81. The van der Waals surface area contributed by atoms with Gasteiger partial charge in [-0.1, -0.05) is 16.4 Å². The van der Waals surface area contributed by atoms with Crippen LogP contribution in [0.5, 0.6) is 5.19 Å². The molecule has 0 aliphatic rings. The number of hydrogen-bond donors (Lipinski definition) is 1. The molecule has 1 unspecified atom stereocenters. The molecule has 80 valence electrons. The summed E-state index contributed by atoms with van der Waals surface area (Å²) >= 11 is 0.908. The highest BCUT2D eigenvalue weighted by atomic mass is 32.1. The van der Waals surface area contributed by atoms with Crippen LogP contribution in [0.4, 0.5) is 13.2 Å². The molecular formula is C6H8F3N3OS. The number of nitrogens with two attached hydrogens (primary N) is 1. The van der Waals surface area contributed by atoms with Crippen molar-refractivity contribution in [2.24, 2.45) is 5.73 Å². The predicted molar refractivity (Wildman–Crippen MR) is 43.9 cm³/mol. The summed E-state index contributed by atoms with van der Waals surface area (Å²) in [6.45, 7) is 1.05. The van der Waals surface area contributed by atoms with E-state index >= 15 is 0 Å². The molecule has 8 heteroatoms. The Morgan fingerprint density at radius 3 is 2.57 bits per heavy atom. The Balaban J connectivity index is 2.60. The van der Waals surface area contributed by atoms with Gasteiger partial charge in [0.2, 0.25) is 0 Å². The van der Waals surface area contributed by atoms with Gasteiger partial charge < -0.3 is 10.5 Å². The van der Waals surface area contributed by atoms with Crippen LogP contribution in [0.25, 0.3) is 0 Å². The summed E-state index contributed by atoms with van der Waals surface area (Å²) in [5, 5.41) is 7.25. The van der Waals surface area contributed by atoms with E-state index in [2.05, 4.69) is 14.9 Å². The molecule has 0 aliphatic carbocycles. The predicted octanol–water partition coefficient (Wildman–Crippen LogP) is 1.33. The van der Waals surface area contributed by atoms with Gasteiger partial charge in [0.1, 0.15) is 5.01 Å². The molecule has 1 rings (SSSR count). The number of alkyl halides is 3. The minimum atomic E-state index is -4.39. The lowest BCUT2D eigenvalue weighted by molar-refractivity contribution is -0.189. The normalized spacial score (nSPS) is 14.1. The number of ether oxygens (including phenoxy) is 1. The van der Waals surface area contributed by atoms with Crippen LogP contribution in [0.1, 0.15) is 11.9 Å². The highest BCUT2D eigenvalue weighted by molar-refractivity contribution is 7.13. The summed E-state index contributed by atoms with van der Waals surface area (Å²) in [6.07, 6.45) is -6.28. The molecule has 0 aromatic carbocycles. The van der Waals surface area contributed by atoms with Gasteiger partial charge >= 0.3 is 6.18 Å². The van der Waals surface area contributed by atoms with Crippen molar-refractivity contribution >= 4 is 11.3 Å². The average Bonchev–Trinajstić information content (AvgIpc) is 2.50. The largest absolute Gasteiger partial charge is 0.456 e. The molecule has 0 fully saturated rings. The van der Waals surface area contributed by atoms with Crippen LogP contribution in [-0.2, 0) is 6.54 Å². The quantitative estimate of drug-likeness (QED) is 0.846. The van der Waals surface area contributed by atoms with Gasteiger partial charge in [-0.05, 0) is 6.92 Å². The maximum atomic E-state index is 12.0. The minimum absolute atomic E-state index is 0.115. The van der Waals surface area contributed by atoms with Gasteiger partial charge in [0.15, 0.2) is 6.10 Å². The van der Waals surface area contributed by atoms with Gasteiger partial charge in [-0.2, -0.15) is 13.2 Å². The van der Waals surface area contributed by atoms with Gasteiger partial charge in [-0.15, -0.1) is 5.10 Å². The molecule has 1 aromatic rings. The van der Waals surface area contributed by atoms with Crippen LogP contribution in [0.15, 0.2) is 0 Å². The maximum absolute atomic E-state index is 12.0. The van der Waals surface area contributed by atoms with Crippen molar-refractivity contribution in [1.29, 1.82) is 0 Å². The van der Waals surface area contributed by atoms with Crippen molar-refractivity contribution < 1.29 is 17.9 Å². The summed E-state index contributed by atoms with van der Waals surface area (Å²) in [7, 11) is 0. The number of nitrogens with zero attached hydrogens (tertiary/aromatic N) is 2. The number of halogens is 3. The third-order valence-electron chi connectivity index (χ3n) is 1.36. The van der Waals surface area contributed by atoms with Gasteiger partial charge in [0.05, 0.1) is 0 Å². The van der Waals surface area contributed by atoms with E-state index in [0.29, 0.717) is 5.01 Å². The first-order chi connectivity index (χ1) is 6.43. The Bertz CT molecular complexity index is 301. The van der Waals surface area contributed by atoms with Crippen LogP contribution in [0.2, 0.25) is 0 Å². The summed E-state index contributed by atoms with van der Waals surface area (Å²) in [4.78, 5) is 0. The fraction of sp³-hybridized carbons (Fsp3) is 0.667. The van der Waals surface area contributed by atoms with Gasteiger partial charge in [-0.25, -0.2) is 0 Å². The summed E-state index contributed by atoms with van der Waals surface area (Å²) in [6, 6.07) is 0. The molecule has 0 saturated carbocycles. The molecule has 14 heavy (non-hydrogen) atoms. The van der Waals surface area contributed by atoms with E-state index in [1.54, 1.807) is 0 Å². The third-order valence-corrected chi connectivity index (χ3v) is 2.20. The molecule has 0 bridgehead atoms. The SMILES string of the molecule is CC(Oc1nnc(CN)s1)C(F)(F)F. The molecule has 1 heterocycles. The van der Waals surface area contributed by atoms with Crippen molar-refractivity contribution in [1.82, 2.24) is 10.2 Å². The second-order valence-corrected chi connectivity index (χ2v) is 3.49. The lowest BCUT2D eigenvalue weighted by Crippen LogP contribution is -2.31. The van der Waals surface area contributed by atoms with Crippen LogP contribution >= 0.6 is 11.3 Å². The number of hydrogen-bond acceptors (Lipinski definition) is 5.